The number of nitrogens with two attached hydrogens (primary N) is 3. The predicted octanol–water partition coefficient (Wildman–Crippen LogP) is 1.06. The van der Waals surface area contributed by atoms with Crippen LogP contribution in [0.4, 0.5) is 0 Å². The molecule has 3 heteroatoms. The van der Waals surface area contributed by atoms with Crippen molar-refractivity contribution < 1.29 is 0 Å². The van der Waals surface area contributed by atoms with E-state index in [0.29, 0.717) is 11.8 Å². The second kappa shape index (κ2) is 8.21. The van der Waals surface area contributed by atoms with Gasteiger partial charge in [-0.2, -0.15) is 0 Å². The third-order valence-corrected chi connectivity index (χ3v) is 3.13. The van der Waals surface area contributed by atoms with Crippen molar-refractivity contribution in [2.24, 2.45) is 29.0 Å². The molecule has 0 radical (unpaired) electrons. The van der Waals surface area contributed by atoms with E-state index >= 15 is 0 Å². The van der Waals surface area contributed by atoms with Gasteiger partial charge in [-0.15, -0.1) is 0 Å². The molecule has 0 amide bonds. The summed E-state index contributed by atoms with van der Waals surface area (Å²) in [6, 6.07) is 0.287. The van der Waals surface area contributed by atoms with Gasteiger partial charge in [-0.3, -0.25) is 0 Å². The van der Waals surface area contributed by atoms with E-state index in [2.05, 4.69) is 13.8 Å². The zero-order chi connectivity index (χ0) is 11.0. The molecule has 0 aliphatic carbocycles. The van der Waals surface area contributed by atoms with Crippen molar-refractivity contribution in [3.63, 3.8) is 0 Å². The van der Waals surface area contributed by atoms with Crippen LogP contribution >= 0.6 is 0 Å². The molecule has 0 spiro atoms. The standard InChI is InChI=1S/C11H27N3/c1-3-10(6-8-13)11(14)9(2)5-4-7-12/h9-11H,3-8,12-14H2,1-2H3. The van der Waals surface area contributed by atoms with Crippen LogP contribution in [0.15, 0.2) is 0 Å². The van der Waals surface area contributed by atoms with Gasteiger partial charge < -0.3 is 17.2 Å². The molecule has 86 valence electrons. The average Bonchev–Trinajstić information content (AvgIpc) is 2.21. The molecule has 6 N–H and O–H groups in total. The SMILES string of the molecule is CCC(CCN)C(N)C(C)CCCN. The second-order valence-electron chi connectivity index (χ2n) is 4.23. The normalized spacial score (nSPS) is 17.8. The minimum Gasteiger partial charge on any atom is -0.330 e. The molecule has 3 atom stereocenters. The van der Waals surface area contributed by atoms with Crippen LogP contribution in [0.1, 0.15) is 39.5 Å². The quantitative estimate of drug-likeness (QED) is 0.549. The largest absolute Gasteiger partial charge is 0.330 e. The molecule has 3 unspecified atom stereocenters. The van der Waals surface area contributed by atoms with Gasteiger partial charge in [0.15, 0.2) is 0 Å². The van der Waals surface area contributed by atoms with Crippen molar-refractivity contribution in [2.45, 2.75) is 45.6 Å². The highest BCUT2D eigenvalue weighted by Gasteiger charge is 2.20. The summed E-state index contributed by atoms with van der Waals surface area (Å²) in [5, 5.41) is 0. The first-order chi connectivity index (χ1) is 6.67. The third-order valence-electron chi connectivity index (χ3n) is 3.13. The Balaban J connectivity index is 3.91. The Morgan fingerprint density at radius 1 is 1.07 bits per heavy atom. The number of rotatable bonds is 8. The van der Waals surface area contributed by atoms with E-state index in [1.165, 1.54) is 0 Å². The van der Waals surface area contributed by atoms with Gasteiger partial charge in [0.1, 0.15) is 0 Å². The van der Waals surface area contributed by atoms with Crippen LogP contribution in [0, 0.1) is 11.8 Å². The highest BCUT2D eigenvalue weighted by atomic mass is 14.7. The molecule has 0 aromatic heterocycles. The first-order valence-corrected chi connectivity index (χ1v) is 5.83. The Bertz CT molecular complexity index is 128. The molecule has 0 saturated carbocycles. The van der Waals surface area contributed by atoms with Crippen molar-refractivity contribution in [1.82, 2.24) is 0 Å². The van der Waals surface area contributed by atoms with Crippen molar-refractivity contribution in [1.29, 1.82) is 0 Å². The van der Waals surface area contributed by atoms with E-state index < -0.39 is 0 Å². The van der Waals surface area contributed by atoms with E-state index in [1.807, 2.05) is 0 Å². The second-order valence-corrected chi connectivity index (χ2v) is 4.23. The maximum atomic E-state index is 6.20. The summed E-state index contributed by atoms with van der Waals surface area (Å²) in [5.41, 5.74) is 17.3. The van der Waals surface area contributed by atoms with Crippen LogP contribution in [0.25, 0.3) is 0 Å². The Labute approximate surface area is 88.4 Å². The molecule has 0 rings (SSSR count). The molecule has 0 aromatic rings. The van der Waals surface area contributed by atoms with Gasteiger partial charge in [-0.1, -0.05) is 20.3 Å². The summed E-state index contributed by atoms with van der Waals surface area (Å²) in [6.45, 7) is 5.93. The topological polar surface area (TPSA) is 78.1 Å². The molecule has 14 heavy (non-hydrogen) atoms. The molecule has 0 heterocycles. The van der Waals surface area contributed by atoms with Crippen LogP contribution < -0.4 is 17.2 Å². The minimum absolute atomic E-state index is 0.287. The first-order valence-electron chi connectivity index (χ1n) is 5.83. The molecule has 3 nitrogen and oxygen atoms in total. The van der Waals surface area contributed by atoms with Crippen LogP contribution in [0.2, 0.25) is 0 Å². The fourth-order valence-corrected chi connectivity index (χ4v) is 1.98. The molecular formula is C11H27N3. The third kappa shape index (κ3) is 4.94. The van der Waals surface area contributed by atoms with E-state index in [9.17, 15) is 0 Å². The Morgan fingerprint density at radius 3 is 2.14 bits per heavy atom. The van der Waals surface area contributed by atoms with E-state index in [-0.39, 0.29) is 6.04 Å². The van der Waals surface area contributed by atoms with Gasteiger partial charge in [0, 0.05) is 6.04 Å². The lowest BCUT2D eigenvalue weighted by Gasteiger charge is -2.27. The van der Waals surface area contributed by atoms with Crippen molar-refractivity contribution in [3.8, 4) is 0 Å². The zero-order valence-electron chi connectivity index (χ0n) is 9.71. The van der Waals surface area contributed by atoms with Crippen LogP contribution in [-0.2, 0) is 0 Å². The summed E-state index contributed by atoms with van der Waals surface area (Å²) in [7, 11) is 0. The van der Waals surface area contributed by atoms with E-state index in [1.54, 1.807) is 0 Å². The van der Waals surface area contributed by atoms with Gasteiger partial charge >= 0.3 is 0 Å². The summed E-state index contributed by atoms with van der Waals surface area (Å²) >= 11 is 0. The lowest BCUT2D eigenvalue weighted by atomic mass is 9.84. The number of hydrogen-bond acceptors (Lipinski definition) is 3. The monoisotopic (exact) mass is 201 g/mol. The van der Waals surface area contributed by atoms with Crippen molar-refractivity contribution >= 4 is 0 Å². The first kappa shape index (κ1) is 13.9. The fourth-order valence-electron chi connectivity index (χ4n) is 1.98. The van der Waals surface area contributed by atoms with Crippen LogP contribution in [-0.4, -0.2) is 19.1 Å². The van der Waals surface area contributed by atoms with Gasteiger partial charge in [-0.05, 0) is 44.2 Å². The minimum atomic E-state index is 0.287. The lowest BCUT2D eigenvalue weighted by molar-refractivity contribution is 0.289. The molecule has 0 aliphatic heterocycles. The Morgan fingerprint density at radius 2 is 1.71 bits per heavy atom. The average molecular weight is 201 g/mol. The molecule has 0 fully saturated rings. The summed E-state index contributed by atoms with van der Waals surface area (Å²) < 4.78 is 0. The van der Waals surface area contributed by atoms with Gasteiger partial charge in [0.05, 0.1) is 0 Å². The van der Waals surface area contributed by atoms with Crippen molar-refractivity contribution in [2.75, 3.05) is 13.1 Å². The molecular weight excluding hydrogens is 174 g/mol. The van der Waals surface area contributed by atoms with Gasteiger partial charge in [0.2, 0.25) is 0 Å². The van der Waals surface area contributed by atoms with E-state index in [0.717, 1.165) is 38.8 Å². The van der Waals surface area contributed by atoms with Crippen molar-refractivity contribution in [3.05, 3.63) is 0 Å². The molecule has 0 aromatic carbocycles. The maximum absolute atomic E-state index is 6.20. The highest BCUT2D eigenvalue weighted by Crippen LogP contribution is 2.20. The fraction of sp³-hybridized carbons (Fsp3) is 1.00. The maximum Gasteiger partial charge on any atom is 0.00933 e. The highest BCUT2D eigenvalue weighted by molar-refractivity contribution is 4.77. The zero-order valence-corrected chi connectivity index (χ0v) is 9.71. The Kier molecular flexibility index (Phi) is 8.14. The molecule has 0 saturated heterocycles. The lowest BCUT2D eigenvalue weighted by Crippen LogP contribution is -2.37. The van der Waals surface area contributed by atoms with Gasteiger partial charge in [0.25, 0.3) is 0 Å². The van der Waals surface area contributed by atoms with Crippen LogP contribution in [0.5, 0.6) is 0 Å². The Hall–Kier alpha value is -0.120. The summed E-state index contributed by atoms with van der Waals surface area (Å²) in [5.74, 6) is 1.14. The summed E-state index contributed by atoms with van der Waals surface area (Å²) in [4.78, 5) is 0. The summed E-state index contributed by atoms with van der Waals surface area (Å²) in [6.07, 6.45) is 4.39. The van der Waals surface area contributed by atoms with Crippen LogP contribution in [0.3, 0.4) is 0 Å². The smallest absolute Gasteiger partial charge is 0.00933 e. The number of hydrogen-bond donors (Lipinski definition) is 3. The molecule has 0 aliphatic rings. The predicted molar refractivity (Wildman–Crippen MR) is 62.9 cm³/mol. The van der Waals surface area contributed by atoms with Gasteiger partial charge in [-0.25, -0.2) is 0 Å². The molecule has 0 bridgehead atoms. The van der Waals surface area contributed by atoms with E-state index in [4.69, 9.17) is 17.2 Å².